The molecule has 0 bridgehead atoms. The molecule has 4 nitrogen and oxygen atoms in total. The van der Waals surface area contributed by atoms with E-state index < -0.39 is 0 Å². The van der Waals surface area contributed by atoms with Crippen molar-refractivity contribution in [2.45, 2.75) is 26.3 Å². The third-order valence-electron chi connectivity index (χ3n) is 4.57. The van der Waals surface area contributed by atoms with Crippen molar-refractivity contribution in [1.29, 1.82) is 0 Å². The van der Waals surface area contributed by atoms with Gasteiger partial charge in [-0.1, -0.05) is 50.2 Å². The van der Waals surface area contributed by atoms with Gasteiger partial charge in [-0.15, -0.1) is 0 Å². The van der Waals surface area contributed by atoms with Gasteiger partial charge in [0.1, 0.15) is 0 Å². The molecule has 2 amide bonds. The van der Waals surface area contributed by atoms with Crippen LogP contribution in [0.25, 0.3) is 6.08 Å². The van der Waals surface area contributed by atoms with Gasteiger partial charge in [-0.25, -0.2) is 0 Å². The molecule has 2 aromatic rings. The summed E-state index contributed by atoms with van der Waals surface area (Å²) < 4.78 is 0. The predicted octanol–water partition coefficient (Wildman–Crippen LogP) is 5.11. The molecule has 1 aliphatic rings. The van der Waals surface area contributed by atoms with Crippen LogP contribution in [0.15, 0.2) is 53.4 Å². The van der Waals surface area contributed by atoms with Crippen molar-refractivity contribution in [3.63, 3.8) is 0 Å². The number of amides is 2. The summed E-state index contributed by atoms with van der Waals surface area (Å²) in [5.74, 6) is 0.229. The molecule has 1 heterocycles. The van der Waals surface area contributed by atoms with E-state index in [1.54, 1.807) is 6.08 Å². The summed E-state index contributed by atoms with van der Waals surface area (Å²) in [5.41, 5.74) is 4.20. The van der Waals surface area contributed by atoms with Crippen molar-refractivity contribution in [2.24, 2.45) is 0 Å². The first-order valence-corrected chi connectivity index (χ1v) is 9.78. The van der Waals surface area contributed by atoms with Crippen LogP contribution < -0.4 is 4.90 Å². The number of imide groups is 1. The molecule has 0 radical (unpaired) electrons. The largest absolute Gasteiger partial charge is 0.378 e. The highest BCUT2D eigenvalue weighted by molar-refractivity contribution is 8.18. The molecular formula is C22H24N2O2S. The topological polar surface area (TPSA) is 40.6 Å². The molecule has 0 atom stereocenters. The summed E-state index contributed by atoms with van der Waals surface area (Å²) in [6.45, 7) is 4.59. The van der Waals surface area contributed by atoms with Crippen LogP contribution in [0.3, 0.4) is 0 Å². The Morgan fingerprint density at radius 3 is 2.19 bits per heavy atom. The van der Waals surface area contributed by atoms with Gasteiger partial charge in [0.15, 0.2) is 0 Å². The molecule has 0 N–H and O–H groups in total. The lowest BCUT2D eigenvalue weighted by Gasteiger charge is -2.13. The summed E-state index contributed by atoms with van der Waals surface area (Å²) in [6.07, 6.45) is 1.78. The number of hydrogen-bond acceptors (Lipinski definition) is 4. The fraction of sp³-hybridized carbons (Fsp3) is 0.273. The predicted molar refractivity (Wildman–Crippen MR) is 113 cm³/mol. The summed E-state index contributed by atoms with van der Waals surface area (Å²) in [6, 6.07) is 16.0. The monoisotopic (exact) mass is 380 g/mol. The first-order valence-electron chi connectivity index (χ1n) is 8.96. The normalized spacial score (nSPS) is 15.9. The standard InChI is InChI=1S/C22H24N2O2S/c1-15(2)18-9-5-17(6-10-18)14-24-21(25)20(27-22(24)26)13-16-7-11-19(12-8-16)23(3)4/h5-13,15H,14H2,1-4H3/b20-13+. The molecule has 1 aliphatic heterocycles. The summed E-state index contributed by atoms with van der Waals surface area (Å²) >= 11 is 1.00. The molecule has 0 aliphatic carbocycles. The lowest BCUT2D eigenvalue weighted by Crippen LogP contribution is -2.27. The van der Waals surface area contributed by atoms with Gasteiger partial charge in [0, 0.05) is 19.8 Å². The van der Waals surface area contributed by atoms with Crippen LogP contribution in [0, 0.1) is 0 Å². The number of hydrogen-bond donors (Lipinski definition) is 0. The van der Waals surface area contributed by atoms with Crippen LogP contribution in [0.5, 0.6) is 0 Å². The van der Waals surface area contributed by atoms with Crippen molar-refractivity contribution in [3.8, 4) is 0 Å². The third-order valence-corrected chi connectivity index (χ3v) is 5.48. The molecule has 5 heteroatoms. The van der Waals surface area contributed by atoms with Gasteiger partial charge in [0.2, 0.25) is 0 Å². The first-order chi connectivity index (χ1) is 12.8. The van der Waals surface area contributed by atoms with E-state index >= 15 is 0 Å². The average molecular weight is 381 g/mol. The quantitative estimate of drug-likeness (QED) is 0.676. The number of carbonyl (C=O) groups excluding carboxylic acids is 2. The van der Waals surface area contributed by atoms with Gasteiger partial charge < -0.3 is 4.90 Å². The van der Waals surface area contributed by atoms with Crippen molar-refractivity contribution in [3.05, 3.63) is 70.1 Å². The van der Waals surface area contributed by atoms with Crippen molar-refractivity contribution >= 4 is 34.7 Å². The SMILES string of the molecule is CC(C)c1ccc(CN2C(=O)S/C(=C/c3ccc(N(C)C)cc3)C2=O)cc1. The molecular weight excluding hydrogens is 356 g/mol. The first kappa shape index (κ1) is 19.2. The van der Waals surface area contributed by atoms with Gasteiger partial charge in [0.25, 0.3) is 11.1 Å². The summed E-state index contributed by atoms with van der Waals surface area (Å²) in [4.78, 5) is 28.8. The Balaban J connectivity index is 1.74. The minimum Gasteiger partial charge on any atom is -0.378 e. The minimum atomic E-state index is -0.227. The zero-order valence-corrected chi connectivity index (χ0v) is 16.9. The molecule has 27 heavy (non-hydrogen) atoms. The Kier molecular flexibility index (Phi) is 5.71. The second-order valence-electron chi connectivity index (χ2n) is 7.15. The van der Waals surface area contributed by atoms with Gasteiger partial charge >= 0.3 is 0 Å². The average Bonchev–Trinajstić information content (AvgIpc) is 2.90. The zero-order chi connectivity index (χ0) is 19.6. The molecule has 1 saturated heterocycles. The number of nitrogens with zero attached hydrogens (tertiary/aromatic N) is 2. The highest BCUT2D eigenvalue weighted by atomic mass is 32.2. The van der Waals surface area contributed by atoms with Crippen LogP contribution in [0.4, 0.5) is 10.5 Å². The van der Waals surface area contributed by atoms with E-state index in [4.69, 9.17) is 0 Å². The van der Waals surface area contributed by atoms with E-state index in [1.807, 2.05) is 55.4 Å². The van der Waals surface area contributed by atoms with E-state index in [9.17, 15) is 9.59 Å². The van der Waals surface area contributed by atoms with Crippen LogP contribution >= 0.6 is 11.8 Å². The number of benzene rings is 2. The van der Waals surface area contributed by atoms with Gasteiger partial charge in [0.05, 0.1) is 11.4 Å². The van der Waals surface area contributed by atoms with Crippen molar-refractivity contribution in [2.75, 3.05) is 19.0 Å². The van der Waals surface area contributed by atoms with Gasteiger partial charge in [-0.2, -0.15) is 0 Å². The molecule has 0 saturated carbocycles. The van der Waals surface area contributed by atoms with E-state index in [-0.39, 0.29) is 11.1 Å². The van der Waals surface area contributed by atoms with Crippen LogP contribution in [0.2, 0.25) is 0 Å². The second-order valence-corrected chi connectivity index (χ2v) is 8.14. The smallest absolute Gasteiger partial charge is 0.293 e. The molecule has 0 spiro atoms. The van der Waals surface area contributed by atoms with Crippen LogP contribution in [0.1, 0.15) is 36.5 Å². The number of thioether (sulfide) groups is 1. The third kappa shape index (κ3) is 4.42. The second kappa shape index (κ2) is 8.01. The Labute approximate surface area is 164 Å². The molecule has 3 rings (SSSR count). The number of anilines is 1. The summed E-state index contributed by atoms with van der Waals surface area (Å²) in [5, 5.41) is -0.218. The van der Waals surface area contributed by atoms with E-state index in [2.05, 4.69) is 26.0 Å². The summed E-state index contributed by atoms with van der Waals surface area (Å²) in [7, 11) is 3.96. The highest BCUT2D eigenvalue weighted by Gasteiger charge is 2.34. The molecule has 0 unspecified atom stereocenters. The maximum Gasteiger partial charge on any atom is 0.293 e. The Morgan fingerprint density at radius 2 is 1.63 bits per heavy atom. The molecule has 2 aromatic carbocycles. The van der Waals surface area contributed by atoms with Gasteiger partial charge in [-0.3, -0.25) is 14.5 Å². The molecule has 140 valence electrons. The highest BCUT2D eigenvalue weighted by Crippen LogP contribution is 2.33. The number of rotatable bonds is 5. The van der Waals surface area contributed by atoms with Crippen molar-refractivity contribution < 1.29 is 9.59 Å². The lowest BCUT2D eigenvalue weighted by atomic mass is 10.0. The molecule has 0 aromatic heterocycles. The fourth-order valence-electron chi connectivity index (χ4n) is 2.85. The van der Waals surface area contributed by atoms with E-state index in [0.717, 1.165) is 28.6 Å². The van der Waals surface area contributed by atoms with E-state index in [1.165, 1.54) is 10.5 Å². The van der Waals surface area contributed by atoms with Crippen LogP contribution in [-0.2, 0) is 11.3 Å². The lowest BCUT2D eigenvalue weighted by molar-refractivity contribution is -0.123. The maximum atomic E-state index is 12.7. The zero-order valence-electron chi connectivity index (χ0n) is 16.1. The van der Waals surface area contributed by atoms with E-state index in [0.29, 0.717) is 17.4 Å². The Bertz CT molecular complexity index is 868. The maximum absolute atomic E-state index is 12.7. The van der Waals surface area contributed by atoms with Gasteiger partial charge in [-0.05, 0) is 52.6 Å². The molecule has 1 fully saturated rings. The number of carbonyl (C=O) groups is 2. The van der Waals surface area contributed by atoms with Crippen LogP contribution in [-0.4, -0.2) is 30.1 Å². The van der Waals surface area contributed by atoms with Crippen molar-refractivity contribution in [1.82, 2.24) is 4.90 Å². The fourth-order valence-corrected chi connectivity index (χ4v) is 3.69. The Hall–Kier alpha value is -2.53. The minimum absolute atomic E-state index is 0.218. The Morgan fingerprint density at radius 1 is 1.00 bits per heavy atom.